The van der Waals surface area contributed by atoms with E-state index >= 15 is 0 Å². The summed E-state index contributed by atoms with van der Waals surface area (Å²) in [6.45, 7) is 0. The molecule has 1 aromatic heterocycles. The normalized spacial score (nSPS) is 10.9. The zero-order valence-corrected chi connectivity index (χ0v) is 19.0. The van der Waals surface area contributed by atoms with Gasteiger partial charge in [-0.25, -0.2) is 4.98 Å². The number of fused-ring (bicyclic) bond motifs is 1. The quantitative estimate of drug-likeness (QED) is 0.259. The topological polar surface area (TPSA) is 44.1 Å². The zero-order chi connectivity index (χ0) is 22.1. The number of nitrogens with zero attached hydrogens (tertiary/aromatic N) is 2. The third-order valence-electron chi connectivity index (χ3n) is 5.01. The Balaban J connectivity index is 1.63. The molecule has 0 aliphatic carbocycles. The Hall–Kier alpha value is -3.41. The smallest absolute Gasteiger partial charge is 0.266 e. The van der Waals surface area contributed by atoms with Gasteiger partial charge in [0.25, 0.3) is 5.56 Å². The minimum absolute atomic E-state index is 0.137. The molecule has 6 heteroatoms. The van der Waals surface area contributed by atoms with Crippen molar-refractivity contribution >= 4 is 38.4 Å². The van der Waals surface area contributed by atoms with Crippen molar-refractivity contribution in [3.05, 3.63) is 117 Å². The van der Waals surface area contributed by atoms with Crippen LogP contribution in [0, 0.1) is 0 Å². The van der Waals surface area contributed by atoms with Crippen molar-refractivity contribution < 1.29 is 4.74 Å². The van der Waals surface area contributed by atoms with Crippen LogP contribution in [0.2, 0.25) is 5.02 Å². The third-order valence-corrected chi connectivity index (χ3v) is 5.75. The van der Waals surface area contributed by atoms with Gasteiger partial charge in [-0.15, -0.1) is 0 Å². The fourth-order valence-electron chi connectivity index (χ4n) is 3.48. The highest BCUT2D eigenvalue weighted by Gasteiger charge is 2.15. The van der Waals surface area contributed by atoms with E-state index in [4.69, 9.17) is 21.3 Å². The van der Waals surface area contributed by atoms with Gasteiger partial charge in [-0.3, -0.25) is 9.36 Å². The largest absolute Gasteiger partial charge is 0.457 e. The summed E-state index contributed by atoms with van der Waals surface area (Å²) in [5, 5.41) is 1.19. The Morgan fingerprint density at radius 3 is 2.16 bits per heavy atom. The van der Waals surface area contributed by atoms with Crippen molar-refractivity contribution in [2.75, 3.05) is 0 Å². The molecule has 0 saturated carbocycles. The molecule has 0 bridgehead atoms. The van der Waals surface area contributed by atoms with Crippen molar-refractivity contribution in [1.82, 2.24) is 9.55 Å². The molecule has 5 rings (SSSR count). The van der Waals surface area contributed by atoms with Gasteiger partial charge in [0.2, 0.25) is 0 Å². The summed E-state index contributed by atoms with van der Waals surface area (Å²) in [6.07, 6.45) is 0. The number of benzene rings is 4. The second-order valence-electron chi connectivity index (χ2n) is 7.15. The second-order valence-corrected chi connectivity index (χ2v) is 8.51. The van der Waals surface area contributed by atoms with Crippen LogP contribution in [-0.2, 0) is 0 Å². The van der Waals surface area contributed by atoms with Crippen LogP contribution in [0.25, 0.3) is 28.0 Å². The van der Waals surface area contributed by atoms with E-state index < -0.39 is 0 Å². The maximum Gasteiger partial charge on any atom is 0.266 e. The predicted octanol–water partition coefficient (Wildman–Crippen LogP) is 7.26. The molecule has 1 heterocycles. The van der Waals surface area contributed by atoms with Gasteiger partial charge in [0.15, 0.2) is 0 Å². The highest BCUT2D eigenvalue weighted by atomic mass is 79.9. The molecular formula is C26H16BrClN2O2. The molecule has 0 spiro atoms. The first-order valence-electron chi connectivity index (χ1n) is 9.90. The van der Waals surface area contributed by atoms with E-state index in [1.54, 1.807) is 34.9 Å². The van der Waals surface area contributed by atoms with E-state index in [1.165, 1.54) is 0 Å². The average Bonchev–Trinajstić information content (AvgIpc) is 2.82. The molecule has 0 amide bonds. The Kier molecular flexibility index (Phi) is 5.52. The number of hydrogen-bond acceptors (Lipinski definition) is 3. The molecule has 0 radical (unpaired) electrons. The molecule has 0 aliphatic rings. The molecule has 4 nitrogen and oxygen atoms in total. The number of hydrogen-bond donors (Lipinski definition) is 0. The summed E-state index contributed by atoms with van der Waals surface area (Å²) in [5.41, 5.74) is 2.07. The molecule has 0 unspecified atom stereocenters. The highest BCUT2D eigenvalue weighted by molar-refractivity contribution is 9.10. The van der Waals surface area contributed by atoms with Crippen LogP contribution in [0.4, 0.5) is 0 Å². The maximum atomic E-state index is 13.5. The molecule has 0 fully saturated rings. The Morgan fingerprint density at radius 2 is 1.47 bits per heavy atom. The molecule has 5 aromatic rings. The monoisotopic (exact) mass is 502 g/mol. The van der Waals surface area contributed by atoms with E-state index in [2.05, 4.69) is 15.9 Å². The summed E-state index contributed by atoms with van der Waals surface area (Å²) in [4.78, 5) is 18.4. The molecule has 0 atom stereocenters. The molecule has 4 aromatic carbocycles. The van der Waals surface area contributed by atoms with Crippen molar-refractivity contribution in [2.45, 2.75) is 0 Å². The number of rotatable bonds is 4. The van der Waals surface area contributed by atoms with Crippen molar-refractivity contribution in [1.29, 1.82) is 0 Å². The van der Waals surface area contributed by atoms with Gasteiger partial charge in [0, 0.05) is 15.1 Å². The van der Waals surface area contributed by atoms with Gasteiger partial charge in [-0.1, -0.05) is 57.9 Å². The first-order chi connectivity index (χ1) is 15.6. The van der Waals surface area contributed by atoms with Crippen LogP contribution in [-0.4, -0.2) is 9.55 Å². The van der Waals surface area contributed by atoms with Gasteiger partial charge in [0.1, 0.15) is 17.3 Å². The van der Waals surface area contributed by atoms with E-state index in [1.807, 2.05) is 66.7 Å². The second kappa shape index (κ2) is 8.61. The van der Waals surface area contributed by atoms with Crippen molar-refractivity contribution in [3.8, 4) is 28.6 Å². The number of halogens is 2. The van der Waals surface area contributed by atoms with Crippen molar-refractivity contribution in [2.24, 2.45) is 0 Å². The highest BCUT2D eigenvalue weighted by Crippen LogP contribution is 2.27. The van der Waals surface area contributed by atoms with Gasteiger partial charge in [-0.05, 0) is 66.7 Å². The first-order valence-corrected chi connectivity index (χ1v) is 11.1. The number of aromatic nitrogens is 2. The van der Waals surface area contributed by atoms with Gasteiger partial charge < -0.3 is 4.74 Å². The SMILES string of the molecule is O=c1c2cc(Br)ccc2nc(-c2ccccc2)n1-c1ccc(Oc2ccc(Cl)cc2)cc1. The summed E-state index contributed by atoms with van der Waals surface area (Å²) < 4.78 is 8.35. The van der Waals surface area contributed by atoms with E-state index in [-0.39, 0.29) is 5.56 Å². The minimum Gasteiger partial charge on any atom is -0.457 e. The van der Waals surface area contributed by atoms with Crippen LogP contribution in [0.3, 0.4) is 0 Å². The summed E-state index contributed by atoms with van der Waals surface area (Å²) in [7, 11) is 0. The molecule has 0 N–H and O–H groups in total. The standard InChI is InChI=1S/C26H16BrClN2O2/c27-18-6-15-24-23(16-18)26(31)30(25(29-24)17-4-2-1-3-5-17)20-9-13-22(14-10-20)32-21-11-7-19(28)8-12-21/h1-16H. The third kappa shape index (κ3) is 4.05. The molecule has 0 aliphatic heterocycles. The minimum atomic E-state index is -0.137. The number of ether oxygens (including phenoxy) is 1. The summed E-state index contributed by atoms with van der Waals surface area (Å²) >= 11 is 9.39. The van der Waals surface area contributed by atoms with Crippen LogP contribution in [0.15, 0.2) is 106 Å². The van der Waals surface area contributed by atoms with Crippen LogP contribution in [0.1, 0.15) is 0 Å². The average molecular weight is 504 g/mol. The summed E-state index contributed by atoms with van der Waals surface area (Å²) in [6, 6.07) is 29.7. The van der Waals surface area contributed by atoms with Gasteiger partial charge in [0.05, 0.1) is 16.6 Å². The van der Waals surface area contributed by atoms with E-state index in [0.717, 1.165) is 10.0 Å². The molecule has 32 heavy (non-hydrogen) atoms. The van der Waals surface area contributed by atoms with Crippen LogP contribution >= 0.6 is 27.5 Å². The Morgan fingerprint density at radius 1 is 0.812 bits per heavy atom. The zero-order valence-electron chi connectivity index (χ0n) is 16.7. The fourth-order valence-corrected chi connectivity index (χ4v) is 3.97. The maximum absolute atomic E-state index is 13.5. The predicted molar refractivity (Wildman–Crippen MR) is 132 cm³/mol. The molecule has 0 saturated heterocycles. The van der Waals surface area contributed by atoms with Crippen LogP contribution < -0.4 is 10.3 Å². The van der Waals surface area contributed by atoms with Crippen molar-refractivity contribution in [3.63, 3.8) is 0 Å². The fraction of sp³-hybridized carbons (Fsp3) is 0. The van der Waals surface area contributed by atoms with Gasteiger partial charge >= 0.3 is 0 Å². The molecule has 156 valence electrons. The first kappa shape index (κ1) is 20.5. The lowest BCUT2D eigenvalue weighted by Crippen LogP contribution is -2.22. The van der Waals surface area contributed by atoms with E-state index in [0.29, 0.717) is 38.9 Å². The molecular weight excluding hydrogens is 488 g/mol. The Labute approximate surface area is 197 Å². The lowest BCUT2D eigenvalue weighted by Gasteiger charge is -2.15. The van der Waals surface area contributed by atoms with Gasteiger partial charge in [-0.2, -0.15) is 0 Å². The lowest BCUT2D eigenvalue weighted by atomic mass is 10.1. The van der Waals surface area contributed by atoms with Crippen LogP contribution in [0.5, 0.6) is 11.5 Å². The Bertz CT molecular complexity index is 1470. The summed E-state index contributed by atoms with van der Waals surface area (Å²) in [5.74, 6) is 1.92. The lowest BCUT2D eigenvalue weighted by molar-refractivity contribution is 0.482. The van der Waals surface area contributed by atoms with E-state index in [9.17, 15) is 4.79 Å².